The van der Waals surface area contributed by atoms with Gasteiger partial charge in [-0.3, -0.25) is 58.0 Å². The molecule has 14 N–H and O–H groups in total. The number of likely N-dealkylation sites (tertiary alicyclic amines) is 2. The monoisotopic (exact) mass is 1630 g/mol. The lowest BCUT2D eigenvalue weighted by Gasteiger charge is -2.39. The van der Waals surface area contributed by atoms with E-state index in [-0.39, 0.29) is 120 Å². The number of carbonyl (C=O) groups excluding carboxylic acids is 9. The standard InChI is InChI=1S/C23H30N4O5.C22H34N4O6.C20H32N4O5.C15H30N4O4/c28-22(27-31-14-13-24-23(29)30-16-18-7-3-1-4-8-18)21-12-11-20(15-25-21)26-32-17-19-9-5-2-6-10-19;1-22(2,3)32-21(29)26-14-17(23-4)10-11-18(26)19(27)25-31-13-12-24-20(28)30-15-16-8-6-5-7-9-16;1-20(2,3)29-19(26)21-11-12-27-24-18(25)17-10-9-16(13-22-17)23-28-14-15-7-5-4-6-8-15;1-15(2,3)23-14(21)17-8-9-22-18-13(20)12-7-6-11(16-4)10-19(12)5/h1-10,20-21,25-26H,11-17H2,(H,24,29)(H,27,28);5-9,17-18,23H,10-15H2,1-4H3,(H,24,28)(H,25,27);4-8,16-17,22-23H,9-14H2,1-3H3,(H,21,26)(H,24,25);11-12,16H,6-10H2,1-5H3,(H,17,21)(H,18,20)/t20-,21+;17-,18+;16-,17+;11-,12+/m1111/s1. The molecule has 4 aromatic carbocycles. The zero-order valence-electron chi connectivity index (χ0n) is 69.2. The topological polar surface area (TPSA) is 430 Å². The van der Waals surface area contributed by atoms with Gasteiger partial charge in [-0.25, -0.2) is 45.9 Å². The van der Waals surface area contributed by atoms with Gasteiger partial charge in [0.15, 0.2) is 0 Å². The maximum Gasteiger partial charge on any atom is 0.411 e. The number of alkyl carbamates (subject to hydrolysis) is 4. The fraction of sp³-hybridized carbons (Fsp3) is 0.588. The fourth-order valence-corrected chi connectivity index (χ4v) is 11.5. The highest BCUT2D eigenvalue weighted by Gasteiger charge is 2.39. The number of benzene rings is 4. The van der Waals surface area contributed by atoms with Gasteiger partial charge in [-0.1, -0.05) is 121 Å². The quantitative estimate of drug-likeness (QED) is 0.0158. The van der Waals surface area contributed by atoms with Crippen molar-refractivity contribution in [3.8, 4) is 0 Å². The van der Waals surface area contributed by atoms with E-state index in [4.69, 9.17) is 52.7 Å². The Hall–Kier alpha value is -9.41. The zero-order chi connectivity index (χ0) is 84.6. The molecule has 8 rings (SSSR count). The summed E-state index contributed by atoms with van der Waals surface area (Å²) in [6.45, 7) is 21.2. The summed E-state index contributed by atoms with van der Waals surface area (Å²) in [4.78, 5) is 143. The van der Waals surface area contributed by atoms with Gasteiger partial charge >= 0.3 is 30.5 Å². The summed E-state index contributed by atoms with van der Waals surface area (Å²) in [6, 6.07) is 37.8. The van der Waals surface area contributed by atoms with Gasteiger partial charge in [0.2, 0.25) is 0 Å². The fourth-order valence-electron chi connectivity index (χ4n) is 11.5. The first-order chi connectivity index (χ1) is 55.5. The number of nitrogens with one attached hydrogen (secondary N) is 14. The summed E-state index contributed by atoms with van der Waals surface area (Å²) in [5.41, 5.74) is 18.0. The Morgan fingerprint density at radius 2 is 0.690 bits per heavy atom. The molecule has 0 radical (unpaired) electrons. The number of ether oxygens (including phenoxy) is 5. The molecule has 4 aromatic rings. The average molecular weight is 1630 g/mol. The molecule has 9 amide bonds. The maximum atomic E-state index is 12.6. The van der Waals surface area contributed by atoms with E-state index in [1.54, 1.807) is 62.3 Å². The second-order valence-electron chi connectivity index (χ2n) is 30.6. The Kier molecular flexibility index (Phi) is 45.0. The van der Waals surface area contributed by atoms with Crippen molar-refractivity contribution in [1.29, 1.82) is 0 Å². The van der Waals surface area contributed by atoms with E-state index in [1.807, 2.05) is 147 Å². The van der Waals surface area contributed by atoms with Gasteiger partial charge in [-0.05, 0) is 157 Å². The van der Waals surface area contributed by atoms with Crippen LogP contribution in [0.2, 0.25) is 0 Å². The van der Waals surface area contributed by atoms with Gasteiger partial charge in [0, 0.05) is 76.5 Å². The van der Waals surface area contributed by atoms with Crippen LogP contribution in [-0.2, 0) is 98.3 Å². The van der Waals surface area contributed by atoms with Crippen molar-refractivity contribution < 1.29 is 95.9 Å². The van der Waals surface area contributed by atoms with E-state index < -0.39 is 59.2 Å². The van der Waals surface area contributed by atoms with Crippen molar-refractivity contribution in [3.05, 3.63) is 144 Å². The molecule has 36 nitrogen and oxygen atoms in total. The molecule has 646 valence electrons. The predicted octanol–water partition coefficient (Wildman–Crippen LogP) is 5.39. The van der Waals surface area contributed by atoms with Crippen molar-refractivity contribution in [3.63, 3.8) is 0 Å². The molecule has 4 heterocycles. The SMILES string of the molecule is CC(C)(C)OC(=O)NCCONC(=O)[C@@H]1CC[C@@H](NOCc2ccccc2)CN1.CN[C@@H]1CC[C@@H](C(=O)NOCCNC(=O)OC(C)(C)C)N(C)C1.CN[C@@H]1CC[C@@H](C(=O)NOCCNC(=O)OCc2ccccc2)N(C(=O)OC(C)(C)C)C1.O=C(NCCONC(=O)[C@@H]1CC[C@@H](NOCc2ccccc2)CN1)OCc1ccccc1. The average Bonchev–Trinajstić information content (AvgIpc) is 0.818. The molecule has 116 heavy (non-hydrogen) atoms. The van der Waals surface area contributed by atoms with Crippen LogP contribution in [0, 0.1) is 0 Å². The third kappa shape index (κ3) is 43.0. The van der Waals surface area contributed by atoms with E-state index in [2.05, 4.69) is 75.4 Å². The van der Waals surface area contributed by atoms with Gasteiger partial charge < -0.3 is 66.2 Å². The summed E-state index contributed by atoms with van der Waals surface area (Å²) in [5, 5.41) is 22.9. The van der Waals surface area contributed by atoms with Crippen molar-refractivity contribution >= 4 is 54.1 Å². The Bertz CT molecular complexity index is 3480. The number of hydrogen-bond donors (Lipinski definition) is 14. The maximum absolute atomic E-state index is 12.6. The van der Waals surface area contributed by atoms with Crippen LogP contribution < -0.4 is 75.4 Å². The van der Waals surface area contributed by atoms with Crippen LogP contribution in [0.15, 0.2) is 121 Å². The first-order valence-electron chi connectivity index (χ1n) is 39.3. The molecule has 4 fully saturated rings. The minimum absolute atomic E-state index is 0.0461. The van der Waals surface area contributed by atoms with Crippen molar-refractivity contribution in [1.82, 2.24) is 85.2 Å². The van der Waals surface area contributed by atoms with Crippen LogP contribution in [0.4, 0.5) is 24.0 Å². The molecule has 0 aromatic heterocycles. The molecule has 36 heteroatoms. The summed E-state index contributed by atoms with van der Waals surface area (Å²) < 4.78 is 25.8. The number of hydrogen-bond acceptors (Lipinski definition) is 27. The molecule has 4 aliphatic heterocycles. The third-order valence-electron chi connectivity index (χ3n) is 17.4. The minimum atomic E-state index is -0.696. The first kappa shape index (κ1) is 97.2. The van der Waals surface area contributed by atoms with E-state index >= 15 is 0 Å². The third-order valence-corrected chi connectivity index (χ3v) is 17.4. The van der Waals surface area contributed by atoms with Crippen LogP contribution in [0.25, 0.3) is 0 Å². The number of hydroxylamine groups is 6. The van der Waals surface area contributed by atoms with E-state index in [0.29, 0.717) is 58.2 Å². The van der Waals surface area contributed by atoms with E-state index in [0.717, 1.165) is 60.9 Å². The van der Waals surface area contributed by atoms with Crippen LogP contribution >= 0.6 is 0 Å². The highest BCUT2D eigenvalue weighted by molar-refractivity contribution is 5.85. The Morgan fingerprint density at radius 1 is 0.371 bits per heavy atom. The number of carbonyl (C=O) groups is 9. The van der Waals surface area contributed by atoms with Crippen molar-refractivity contribution in [2.75, 3.05) is 99.9 Å². The number of amides is 9. The van der Waals surface area contributed by atoms with Gasteiger partial charge in [0.25, 0.3) is 23.6 Å². The molecule has 0 unspecified atom stereocenters. The Labute approximate surface area is 681 Å². The second-order valence-corrected chi connectivity index (χ2v) is 30.6. The normalized spacial score (nSPS) is 19.4. The predicted molar refractivity (Wildman–Crippen MR) is 430 cm³/mol. The molecule has 0 aliphatic carbocycles. The Balaban J connectivity index is 0.000000278. The van der Waals surface area contributed by atoms with Gasteiger partial charge in [0.1, 0.15) is 36.1 Å². The number of likely N-dealkylation sites (N-methyl/N-ethyl adjacent to an activating group) is 3. The van der Waals surface area contributed by atoms with Gasteiger partial charge in [-0.2, -0.15) is 11.0 Å². The van der Waals surface area contributed by atoms with Crippen molar-refractivity contribution in [2.45, 2.75) is 205 Å². The highest BCUT2D eigenvalue weighted by atomic mass is 16.7. The Morgan fingerprint density at radius 3 is 1.03 bits per heavy atom. The van der Waals surface area contributed by atoms with E-state index in [9.17, 15) is 43.2 Å². The summed E-state index contributed by atoms with van der Waals surface area (Å²) >= 11 is 0. The summed E-state index contributed by atoms with van der Waals surface area (Å²) in [6.07, 6.45) is 3.21. The van der Waals surface area contributed by atoms with Crippen molar-refractivity contribution in [2.24, 2.45) is 0 Å². The minimum Gasteiger partial charge on any atom is -0.445 e. The highest BCUT2D eigenvalue weighted by Crippen LogP contribution is 2.22. The molecule has 0 saturated carbocycles. The second kappa shape index (κ2) is 53.8. The molecular weight excluding hydrogens is 1500 g/mol. The lowest BCUT2D eigenvalue weighted by Crippen LogP contribution is -2.58. The molecule has 0 bridgehead atoms. The summed E-state index contributed by atoms with van der Waals surface area (Å²) in [5.74, 6) is -1.05. The molecule has 4 saturated heterocycles. The number of nitrogens with zero attached hydrogens (tertiary/aromatic N) is 2. The van der Waals surface area contributed by atoms with Crippen LogP contribution in [0.1, 0.15) is 136 Å². The molecule has 0 spiro atoms. The van der Waals surface area contributed by atoms with Gasteiger partial charge in [-0.15, -0.1) is 0 Å². The number of rotatable bonds is 34. The molecule has 8 atom stereocenters. The lowest BCUT2D eigenvalue weighted by atomic mass is 9.98. The van der Waals surface area contributed by atoms with Crippen LogP contribution in [0.3, 0.4) is 0 Å². The summed E-state index contributed by atoms with van der Waals surface area (Å²) in [7, 11) is 5.68. The smallest absolute Gasteiger partial charge is 0.411 e. The largest absolute Gasteiger partial charge is 0.445 e. The zero-order valence-corrected chi connectivity index (χ0v) is 69.2. The van der Waals surface area contributed by atoms with E-state index in [1.165, 1.54) is 4.90 Å². The lowest BCUT2D eigenvalue weighted by molar-refractivity contribution is -0.140. The van der Waals surface area contributed by atoms with Gasteiger partial charge in [0.05, 0.1) is 57.8 Å². The first-order valence-corrected chi connectivity index (χ1v) is 39.3. The molecule has 4 aliphatic rings. The van der Waals surface area contributed by atoms with Crippen LogP contribution in [0.5, 0.6) is 0 Å². The number of piperidine rings is 4. The molecular formula is C80H126N16O20. The van der Waals surface area contributed by atoms with Crippen LogP contribution in [-0.4, -0.2) is 229 Å².